The number of hydrogen-bond donors (Lipinski definition) is 1. The van der Waals surface area contributed by atoms with Crippen LogP contribution in [0.1, 0.15) is 39.5 Å². The molecular weight excluding hydrogens is 204 g/mol. The van der Waals surface area contributed by atoms with Crippen molar-refractivity contribution in [3.05, 3.63) is 18.2 Å². The van der Waals surface area contributed by atoms with Crippen LogP contribution in [0.3, 0.4) is 0 Å². The second kappa shape index (κ2) is 4.24. The van der Waals surface area contributed by atoms with Crippen LogP contribution in [-0.2, 0) is 0 Å². The van der Waals surface area contributed by atoms with Gasteiger partial charge in [-0.1, -0.05) is 25.8 Å². The Labute approximate surface area is 96.0 Å². The fourth-order valence-electron chi connectivity index (χ4n) is 1.95. The van der Waals surface area contributed by atoms with E-state index in [2.05, 4.69) is 6.92 Å². The van der Waals surface area contributed by atoms with Gasteiger partial charge < -0.3 is 14.6 Å². The SMILES string of the molecule is CCCCCC1(C)Oc2cccc(O)c2O1. The molecule has 3 nitrogen and oxygen atoms in total. The van der Waals surface area contributed by atoms with Crippen molar-refractivity contribution in [2.45, 2.75) is 45.3 Å². The maximum atomic E-state index is 9.63. The number of rotatable bonds is 4. The van der Waals surface area contributed by atoms with E-state index in [1.807, 2.05) is 13.0 Å². The van der Waals surface area contributed by atoms with Crippen molar-refractivity contribution in [1.82, 2.24) is 0 Å². The molecule has 1 N–H and O–H groups in total. The second-order valence-corrected chi connectivity index (χ2v) is 4.40. The minimum absolute atomic E-state index is 0.150. The van der Waals surface area contributed by atoms with E-state index < -0.39 is 5.79 Å². The Morgan fingerprint density at radius 2 is 2.06 bits per heavy atom. The van der Waals surface area contributed by atoms with Gasteiger partial charge in [-0.05, 0) is 18.6 Å². The van der Waals surface area contributed by atoms with Crippen molar-refractivity contribution in [3.8, 4) is 17.2 Å². The summed E-state index contributed by atoms with van der Waals surface area (Å²) in [4.78, 5) is 0. The normalized spacial score (nSPS) is 22.4. The Bertz CT molecular complexity index is 375. The number of benzene rings is 1. The first-order chi connectivity index (χ1) is 7.64. The molecule has 0 saturated heterocycles. The monoisotopic (exact) mass is 222 g/mol. The molecule has 0 aromatic heterocycles. The van der Waals surface area contributed by atoms with Crippen LogP contribution in [0.5, 0.6) is 17.2 Å². The van der Waals surface area contributed by atoms with E-state index >= 15 is 0 Å². The quantitative estimate of drug-likeness (QED) is 0.793. The van der Waals surface area contributed by atoms with Gasteiger partial charge in [0.1, 0.15) is 0 Å². The van der Waals surface area contributed by atoms with E-state index in [9.17, 15) is 5.11 Å². The fourth-order valence-corrected chi connectivity index (χ4v) is 1.95. The summed E-state index contributed by atoms with van der Waals surface area (Å²) in [6.07, 6.45) is 4.26. The third kappa shape index (κ3) is 2.08. The van der Waals surface area contributed by atoms with Gasteiger partial charge in [0.15, 0.2) is 11.5 Å². The molecule has 0 radical (unpaired) electrons. The van der Waals surface area contributed by atoms with Crippen molar-refractivity contribution in [2.24, 2.45) is 0 Å². The lowest BCUT2D eigenvalue weighted by Crippen LogP contribution is -2.34. The largest absolute Gasteiger partial charge is 0.504 e. The minimum Gasteiger partial charge on any atom is -0.504 e. The van der Waals surface area contributed by atoms with Crippen LogP contribution in [0.2, 0.25) is 0 Å². The summed E-state index contributed by atoms with van der Waals surface area (Å²) in [6.45, 7) is 4.08. The number of aromatic hydroxyl groups is 1. The topological polar surface area (TPSA) is 38.7 Å². The van der Waals surface area contributed by atoms with Crippen LogP contribution in [0, 0.1) is 0 Å². The molecule has 88 valence electrons. The van der Waals surface area contributed by atoms with E-state index in [-0.39, 0.29) is 5.75 Å². The first kappa shape index (κ1) is 11.1. The van der Waals surface area contributed by atoms with Crippen LogP contribution in [0.4, 0.5) is 0 Å². The third-order valence-electron chi connectivity index (χ3n) is 2.84. The zero-order valence-corrected chi connectivity index (χ0v) is 9.82. The second-order valence-electron chi connectivity index (χ2n) is 4.40. The van der Waals surface area contributed by atoms with Gasteiger partial charge in [0.2, 0.25) is 11.5 Å². The van der Waals surface area contributed by atoms with Crippen molar-refractivity contribution < 1.29 is 14.6 Å². The molecule has 1 aromatic rings. The molecule has 0 spiro atoms. The predicted molar refractivity (Wildman–Crippen MR) is 61.9 cm³/mol. The molecule has 1 heterocycles. The molecule has 0 bridgehead atoms. The highest BCUT2D eigenvalue weighted by molar-refractivity contribution is 5.52. The summed E-state index contributed by atoms with van der Waals surface area (Å²) in [6, 6.07) is 5.19. The molecule has 16 heavy (non-hydrogen) atoms. The van der Waals surface area contributed by atoms with Gasteiger partial charge in [0.25, 0.3) is 0 Å². The summed E-state index contributed by atoms with van der Waals surface area (Å²) in [5.41, 5.74) is 0. The van der Waals surface area contributed by atoms with E-state index in [0.29, 0.717) is 11.5 Å². The first-order valence-electron chi connectivity index (χ1n) is 5.84. The molecule has 1 aromatic carbocycles. The Kier molecular flexibility index (Phi) is 2.95. The highest BCUT2D eigenvalue weighted by Gasteiger charge is 2.37. The fraction of sp³-hybridized carbons (Fsp3) is 0.538. The zero-order chi connectivity index (χ0) is 11.6. The minimum atomic E-state index is -0.615. The number of phenolic OH excluding ortho intramolecular Hbond substituents is 1. The molecule has 0 amide bonds. The lowest BCUT2D eigenvalue weighted by atomic mass is 10.1. The van der Waals surface area contributed by atoms with E-state index in [1.54, 1.807) is 12.1 Å². The zero-order valence-electron chi connectivity index (χ0n) is 9.82. The Hall–Kier alpha value is -1.38. The number of hydrogen-bond acceptors (Lipinski definition) is 3. The van der Waals surface area contributed by atoms with Crippen molar-refractivity contribution in [1.29, 1.82) is 0 Å². The first-order valence-corrected chi connectivity index (χ1v) is 5.84. The van der Waals surface area contributed by atoms with E-state index in [1.165, 1.54) is 12.8 Å². The molecule has 1 atom stereocenters. The summed E-state index contributed by atoms with van der Waals surface area (Å²) in [5, 5.41) is 9.63. The maximum Gasteiger partial charge on any atom is 0.249 e. The van der Waals surface area contributed by atoms with E-state index in [4.69, 9.17) is 9.47 Å². The number of para-hydroxylation sites is 1. The van der Waals surface area contributed by atoms with Gasteiger partial charge in [0, 0.05) is 13.3 Å². The smallest absolute Gasteiger partial charge is 0.249 e. The van der Waals surface area contributed by atoms with Gasteiger partial charge in [-0.2, -0.15) is 0 Å². The Morgan fingerprint density at radius 3 is 2.75 bits per heavy atom. The van der Waals surface area contributed by atoms with Gasteiger partial charge in [0.05, 0.1) is 0 Å². The molecule has 3 heteroatoms. The number of ether oxygens (including phenoxy) is 2. The highest BCUT2D eigenvalue weighted by Crippen LogP contribution is 2.46. The molecular formula is C13H18O3. The predicted octanol–water partition coefficient (Wildman–Crippen LogP) is 3.46. The maximum absolute atomic E-state index is 9.63. The van der Waals surface area contributed by atoms with Crippen LogP contribution < -0.4 is 9.47 Å². The van der Waals surface area contributed by atoms with Crippen LogP contribution in [0.15, 0.2) is 18.2 Å². The van der Waals surface area contributed by atoms with E-state index in [0.717, 1.165) is 12.8 Å². The summed E-state index contributed by atoms with van der Waals surface area (Å²) in [5.74, 6) is 0.647. The summed E-state index contributed by atoms with van der Waals surface area (Å²) < 4.78 is 11.4. The molecule has 0 saturated carbocycles. The van der Waals surface area contributed by atoms with Crippen molar-refractivity contribution in [2.75, 3.05) is 0 Å². The Balaban J connectivity index is 2.06. The molecule has 0 fully saturated rings. The van der Waals surface area contributed by atoms with Crippen LogP contribution in [0.25, 0.3) is 0 Å². The average Bonchev–Trinajstić information content (AvgIpc) is 2.57. The third-order valence-corrected chi connectivity index (χ3v) is 2.84. The van der Waals surface area contributed by atoms with Gasteiger partial charge in [-0.25, -0.2) is 0 Å². The molecule has 0 aliphatic carbocycles. The average molecular weight is 222 g/mol. The number of phenols is 1. The molecule has 2 rings (SSSR count). The lowest BCUT2D eigenvalue weighted by Gasteiger charge is -2.22. The van der Waals surface area contributed by atoms with Gasteiger partial charge >= 0.3 is 0 Å². The number of unbranched alkanes of at least 4 members (excludes halogenated alkanes) is 2. The van der Waals surface area contributed by atoms with Crippen LogP contribution in [-0.4, -0.2) is 10.9 Å². The molecule has 1 aliphatic rings. The standard InChI is InChI=1S/C13H18O3/c1-3-4-5-9-13(2)15-11-8-6-7-10(14)12(11)16-13/h6-8,14H,3-5,9H2,1-2H3. The Morgan fingerprint density at radius 1 is 1.25 bits per heavy atom. The lowest BCUT2D eigenvalue weighted by molar-refractivity contribution is -0.0703. The van der Waals surface area contributed by atoms with Crippen molar-refractivity contribution in [3.63, 3.8) is 0 Å². The van der Waals surface area contributed by atoms with Gasteiger partial charge in [-0.15, -0.1) is 0 Å². The van der Waals surface area contributed by atoms with Gasteiger partial charge in [-0.3, -0.25) is 0 Å². The molecule has 1 unspecified atom stereocenters. The summed E-state index contributed by atoms with van der Waals surface area (Å²) in [7, 11) is 0. The van der Waals surface area contributed by atoms with Crippen molar-refractivity contribution >= 4 is 0 Å². The van der Waals surface area contributed by atoms with Crippen LogP contribution >= 0.6 is 0 Å². The molecule has 1 aliphatic heterocycles. The number of fused-ring (bicyclic) bond motifs is 1. The highest BCUT2D eigenvalue weighted by atomic mass is 16.7. The summed E-state index contributed by atoms with van der Waals surface area (Å²) >= 11 is 0.